The second-order valence-electron chi connectivity index (χ2n) is 8.52. The minimum Gasteiger partial charge on any atom is -0.361 e. The Morgan fingerprint density at radius 1 is 1.26 bits per heavy atom. The molecule has 3 aromatic rings. The summed E-state index contributed by atoms with van der Waals surface area (Å²) in [4.78, 5) is 14.9. The van der Waals surface area contributed by atoms with E-state index in [1.165, 1.54) is 40.6 Å². The van der Waals surface area contributed by atoms with E-state index in [0.717, 1.165) is 50.1 Å². The highest BCUT2D eigenvalue weighted by molar-refractivity contribution is 7.09. The number of thiazole rings is 1. The predicted molar refractivity (Wildman–Crippen MR) is 131 cm³/mol. The third kappa shape index (κ3) is 5.66. The number of fused-ring (bicyclic) bond motifs is 1. The molecule has 1 aliphatic rings. The van der Waals surface area contributed by atoms with Crippen LogP contribution in [-0.2, 0) is 13.0 Å². The molecule has 0 amide bonds. The molecule has 1 saturated heterocycles. The van der Waals surface area contributed by atoms with E-state index < -0.39 is 0 Å². The molecular formula is C24H34N6S. The van der Waals surface area contributed by atoms with Crippen LogP contribution in [0.25, 0.3) is 10.9 Å². The zero-order chi connectivity index (χ0) is 21.6. The number of nitrogens with zero attached hydrogens (tertiary/aromatic N) is 3. The van der Waals surface area contributed by atoms with E-state index in [9.17, 15) is 0 Å². The van der Waals surface area contributed by atoms with Crippen molar-refractivity contribution in [1.29, 1.82) is 0 Å². The Labute approximate surface area is 189 Å². The lowest BCUT2D eigenvalue weighted by Crippen LogP contribution is -2.43. The van der Waals surface area contributed by atoms with Gasteiger partial charge >= 0.3 is 0 Å². The molecule has 0 saturated carbocycles. The van der Waals surface area contributed by atoms with E-state index in [1.807, 2.05) is 7.05 Å². The van der Waals surface area contributed by atoms with Crippen molar-refractivity contribution in [2.45, 2.75) is 39.7 Å². The molecule has 0 unspecified atom stereocenters. The van der Waals surface area contributed by atoms with Gasteiger partial charge in [-0.15, -0.1) is 11.3 Å². The van der Waals surface area contributed by atoms with Crippen LogP contribution in [0, 0.1) is 19.8 Å². The molecule has 0 aliphatic carbocycles. The maximum Gasteiger partial charge on any atom is 0.190 e. The molecular weight excluding hydrogens is 404 g/mol. The fourth-order valence-corrected chi connectivity index (χ4v) is 5.09. The number of aromatic amines is 1. The van der Waals surface area contributed by atoms with Gasteiger partial charge in [0, 0.05) is 49.2 Å². The standard InChI is InChI=1S/C24H34N6S/c1-17-5-4-6-22-23(17)20(14-27-22)7-10-26-24(25-3)28-13-19-8-11-30(12-9-19)15-21-16-31-18(2)29-21/h4-6,14,16,19,27H,7-13,15H2,1-3H3,(H2,25,26,28). The average molecular weight is 439 g/mol. The van der Waals surface area contributed by atoms with Crippen LogP contribution in [-0.4, -0.2) is 54.1 Å². The molecule has 31 heavy (non-hydrogen) atoms. The zero-order valence-electron chi connectivity index (χ0n) is 18.9. The van der Waals surface area contributed by atoms with Crippen LogP contribution in [0.4, 0.5) is 0 Å². The van der Waals surface area contributed by atoms with Gasteiger partial charge in [-0.05, 0) is 69.3 Å². The second-order valence-corrected chi connectivity index (χ2v) is 9.58. The van der Waals surface area contributed by atoms with Crippen molar-refractivity contribution in [3.8, 4) is 0 Å². The fourth-order valence-electron chi connectivity index (χ4n) is 4.48. The Morgan fingerprint density at radius 2 is 2.10 bits per heavy atom. The van der Waals surface area contributed by atoms with Gasteiger partial charge in [0.05, 0.1) is 10.7 Å². The quantitative estimate of drug-likeness (QED) is 0.387. The Hall–Kier alpha value is -2.38. The van der Waals surface area contributed by atoms with Gasteiger partial charge in [-0.25, -0.2) is 4.98 Å². The highest BCUT2D eigenvalue weighted by Gasteiger charge is 2.20. The van der Waals surface area contributed by atoms with Gasteiger partial charge in [-0.2, -0.15) is 0 Å². The number of aromatic nitrogens is 2. The Bertz CT molecular complexity index is 1010. The Morgan fingerprint density at radius 3 is 2.84 bits per heavy atom. The number of guanidine groups is 1. The summed E-state index contributed by atoms with van der Waals surface area (Å²) >= 11 is 1.74. The van der Waals surface area contributed by atoms with Crippen molar-refractivity contribution in [2.24, 2.45) is 10.9 Å². The molecule has 3 heterocycles. The predicted octanol–water partition coefficient (Wildman–Crippen LogP) is 3.86. The van der Waals surface area contributed by atoms with Crippen molar-refractivity contribution in [3.05, 3.63) is 51.6 Å². The fraction of sp³-hybridized carbons (Fsp3) is 0.500. The summed E-state index contributed by atoms with van der Waals surface area (Å²) in [6.45, 7) is 9.39. The largest absolute Gasteiger partial charge is 0.361 e. The average Bonchev–Trinajstić information content (AvgIpc) is 3.38. The maximum absolute atomic E-state index is 4.60. The molecule has 1 aliphatic heterocycles. The molecule has 4 rings (SSSR count). The minimum absolute atomic E-state index is 0.697. The van der Waals surface area contributed by atoms with Crippen molar-refractivity contribution in [3.63, 3.8) is 0 Å². The SMILES string of the molecule is CN=C(NCCc1c[nH]c2cccc(C)c12)NCC1CCN(Cc2csc(C)n2)CC1. The van der Waals surface area contributed by atoms with Gasteiger partial charge in [0.1, 0.15) is 0 Å². The van der Waals surface area contributed by atoms with E-state index in [-0.39, 0.29) is 0 Å². The molecule has 1 aromatic carbocycles. The monoisotopic (exact) mass is 438 g/mol. The molecule has 0 radical (unpaired) electrons. The summed E-state index contributed by atoms with van der Waals surface area (Å²) in [5.74, 6) is 1.60. The Balaban J connectivity index is 1.18. The van der Waals surface area contributed by atoms with Crippen LogP contribution in [0.3, 0.4) is 0 Å². The molecule has 3 N–H and O–H groups in total. The number of benzene rings is 1. The van der Waals surface area contributed by atoms with Crippen LogP contribution in [0.15, 0.2) is 34.8 Å². The van der Waals surface area contributed by atoms with E-state index in [2.05, 4.69) is 74.1 Å². The number of H-pyrrole nitrogens is 1. The molecule has 0 atom stereocenters. The lowest BCUT2D eigenvalue weighted by Gasteiger charge is -2.31. The van der Waals surface area contributed by atoms with Crippen LogP contribution in [0.5, 0.6) is 0 Å². The highest BCUT2D eigenvalue weighted by atomic mass is 32.1. The van der Waals surface area contributed by atoms with E-state index in [0.29, 0.717) is 5.92 Å². The second kappa shape index (κ2) is 10.3. The summed E-state index contributed by atoms with van der Waals surface area (Å²) in [5, 5.41) is 11.7. The summed E-state index contributed by atoms with van der Waals surface area (Å²) in [6, 6.07) is 6.42. The molecule has 2 aromatic heterocycles. The summed E-state index contributed by atoms with van der Waals surface area (Å²) < 4.78 is 0. The van der Waals surface area contributed by atoms with E-state index in [1.54, 1.807) is 11.3 Å². The normalized spacial score (nSPS) is 16.2. The van der Waals surface area contributed by atoms with Crippen molar-refractivity contribution in [1.82, 2.24) is 25.5 Å². The van der Waals surface area contributed by atoms with Gasteiger partial charge in [-0.3, -0.25) is 9.89 Å². The zero-order valence-corrected chi connectivity index (χ0v) is 19.7. The number of hydrogen-bond donors (Lipinski definition) is 3. The van der Waals surface area contributed by atoms with Crippen molar-refractivity contribution < 1.29 is 0 Å². The minimum atomic E-state index is 0.697. The lowest BCUT2D eigenvalue weighted by molar-refractivity contribution is 0.176. The van der Waals surface area contributed by atoms with Gasteiger partial charge < -0.3 is 15.6 Å². The molecule has 0 bridgehead atoms. The van der Waals surface area contributed by atoms with Crippen molar-refractivity contribution in [2.75, 3.05) is 33.2 Å². The molecule has 7 heteroatoms. The first-order valence-corrected chi connectivity index (χ1v) is 12.1. The van der Waals surface area contributed by atoms with Gasteiger partial charge in [-0.1, -0.05) is 12.1 Å². The smallest absolute Gasteiger partial charge is 0.190 e. The number of hydrogen-bond acceptors (Lipinski definition) is 4. The van der Waals surface area contributed by atoms with Crippen LogP contribution in [0.2, 0.25) is 0 Å². The van der Waals surface area contributed by atoms with Crippen molar-refractivity contribution >= 4 is 28.2 Å². The van der Waals surface area contributed by atoms with Crippen LogP contribution in [0.1, 0.15) is 34.7 Å². The number of aliphatic imine (C=N–C) groups is 1. The number of piperidine rings is 1. The van der Waals surface area contributed by atoms with Gasteiger partial charge in [0.25, 0.3) is 0 Å². The number of nitrogens with one attached hydrogen (secondary N) is 3. The maximum atomic E-state index is 4.60. The number of aryl methyl sites for hydroxylation is 2. The first-order valence-electron chi connectivity index (χ1n) is 11.3. The van der Waals surface area contributed by atoms with E-state index >= 15 is 0 Å². The van der Waals surface area contributed by atoms with E-state index in [4.69, 9.17) is 0 Å². The summed E-state index contributed by atoms with van der Waals surface area (Å²) in [7, 11) is 1.85. The van der Waals surface area contributed by atoms with Crippen LogP contribution >= 0.6 is 11.3 Å². The third-order valence-corrected chi connectivity index (χ3v) is 7.05. The number of rotatable bonds is 7. The summed E-state index contributed by atoms with van der Waals surface area (Å²) in [6.07, 6.45) is 5.56. The first-order chi connectivity index (χ1) is 15.1. The highest BCUT2D eigenvalue weighted by Crippen LogP contribution is 2.22. The Kier molecular flexibility index (Phi) is 7.25. The number of likely N-dealkylation sites (tertiary alicyclic amines) is 1. The molecule has 0 spiro atoms. The molecule has 6 nitrogen and oxygen atoms in total. The summed E-state index contributed by atoms with van der Waals surface area (Å²) in [5.41, 5.74) is 5.12. The van der Waals surface area contributed by atoms with Crippen LogP contribution < -0.4 is 10.6 Å². The van der Waals surface area contributed by atoms with Gasteiger partial charge in [0.2, 0.25) is 0 Å². The molecule has 166 valence electrons. The first kappa shape index (κ1) is 21.8. The third-order valence-electron chi connectivity index (χ3n) is 6.22. The topological polar surface area (TPSA) is 68.3 Å². The van der Waals surface area contributed by atoms with Gasteiger partial charge in [0.15, 0.2) is 5.96 Å². The molecule has 1 fully saturated rings. The lowest BCUT2D eigenvalue weighted by atomic mass is 9.97.